The number of ether oxygens (including phenoxy) is 1. The van der Waals surface area contributed by atoms with Gasteiger partial charge >= 0.3 is 0 Å². The fourth-order valence-electron chi connectivity index (χ4n) is 2.20. The molecule has 1 aromatic rings. The molecule has 0 aliphatic heterocycles. The van der Waals surface area contributed by atoms with Crippen molar-refractivity contribution in [3.63, 3.8) is 0 Å². The number of carbonyl (C=O) groups is 1. The summed E-state index contributed by atoms with van der Waals surface area (Å²) in [5.74, 6) is 0.704. The van der Waals surface area contributed by atoms with Gasteiger partial charge in [0, 0.05) is 18.8 Å². The Balaban J connectivity index is 1.68. The molecule has 1 saturated carbocycles. The van der Waals surface area contributed by atoms with Crippen LogP contribution in [0.2, 0.25) is 0 Å². The smallest absolute Gasteiger partial charge is 0.250 e. The molecule has 0 aromatic heterocycles. The predicted molar refractivity (Wildman–Crippen MR) is 75.7 cm³/mol. The lowest BCUT2D eigenvalue weighted by Gasteiger charge is -2.24. The van der Waals surface area contributed by atoms with Crippen LogP contribution in [-0.2, 0) is 16.1 Å². The average Bonchev–Trinajstić information content (AvgIpc) is 2.37. The molecule has 0 unspecified atom stereocenters. The summed E-state index contributed by atoms with van der Waals surface area (Å²) in [5.41, 5.74) is 7.33. The summed E-state index contributed by atoms with van der Waals surface area (Å²) in [6.45, 7) is 1.21. The highest BCUT2D eigenvalue weighted by molar-refractivity contribution is 5.92. The maximum atomic E-state index is 11.7. The molecule has 1 fully saturated rings. The number of anilines is 1. The van der Waals surface area contributed by atoms with Gasteiger partial charge < -0.3 is 15.8 Å². The molecule has 0 heterocycles. The van der Waals surface area contributed by atoms with Gasteiger partial charge in [0.15, 0.2) is 0 Å². The highest BCUT2D eigenvalue weighted by Gasteiger charge is 2.16. The molecule has 4 heteroatoms. The van der Waals surface area contributed by atoms with Crippen molar-refractivity contribution in [2.45, 2.75) is 32.2 Å². The van der Waals surface area contributed by atoms with E-state index in [4.69, 9.17) is 10.5 Å². The summed E-state index contributed by atoms with van der Waals surface area (Å²) in [7, 11) is 0. The lowest BCUT2D eigenvalue weighted by atomic mass is 9.83. The zero-order valence-electron chi connectivity index (χ0n) is 11.2. The first-order valence-electron chi connectivity index (χ1n) is 6.95. The van der Waals surface area contributed by atoms with Gasteiger partial charge in [-0.3, -0.25) is 4.79 Å². The summed E-state index contributed by atoms with van der Waals surface area (Å²) in [5, 5.41) is 2.83. The van der Waals surface area contributed by atoms with Crippen molar-refractivity contribution in [3.8, 4) is 0 Å². The largest absolute Gasteiger partial charge is 0.372 e. The lowest BCUT2D eigenvalue weighted by Crippen LogP contribution is -2.21. The van der Waals surface area contributed by atoms with Crippen molar-refractivity contribution in [2.24, 2.45) is 11.7 Å². The molecule has 0 spiro atoms. The molecule has 1 aliphatic rings. The first-order valence-corrected chi connectivity index (χ1v) is 6.95. The maximum Gasteiger partial charge on any atom is 0.250 e. The minimum Gasteiger partial charge on any atom is -0.372 e. The van der Waals surface area contributed by atoms with E-state index in [1.807, 2.05) is 24.3 Å². The van der Waals surface area contributed by atoms with Crippen LogP contribution in [-0.4, -0.2) is 19.1 Å². The quantitative estimate of drug-likeness (QED) is 0.741. The van der Waals surface area contributed by atoms with Gasteiger partial charge in [-0.2, -0.15) is 0 Å². The second-order valence-electron chi connectivity index (χ2n) is 5.05. The Morgan fingerprint density at radius 1 is 1.37 bits per heavy atom. The van der Waals surface area contributed by atoms with Crippen LogP contribution in [0.4, 0.5) is 5.69 Å². The number of para-hydroxylation sites is 1. The van der Waals surface area contributed by atoms with E-state index in [0.29, 0.717) is 13.2 Å². The van der Waals surface area contributed by atoms with Gasteiger partial charge in [0.1, 0.15) is 6.61 Å². The number of nitrogens with one attached hydrogen (secondary N) is 1. The molecule has 0 saturated heterocycles. The second kappa shape index (κ2) is 7.26. The van der Waals surface area contributed by atoms with Gasteiger partial charge in [0.25, 0.3) is 0 Å². The highest BCUT2D eigenvalue weighted by Crippen LogP contribution is 2.29. The van der Waals surface area contributed by atoms with Crippen molar-refractivity contribution in [2.75, 3.05) is 18.5 Å². The van der Waals surface area contributed by atoms with Crippen LogP contribution in [0.5, 0.6) is 0 Å². The van der Waals surface area contributed by atoms with E-state index in [1.54, 1.807) is 0 Å². The zero-order valence-corrected chi connectivity index (χ0v) is 11.2. The fraction of sp³-hybridized carbons (Fsp3) is 0.533. The van der Waals surface area contributed by atoms with Crippen molar-refractivity contribution < 1.29 is 9.53 Å². The highest BCUT2D eigenvalue weighted by atomic mass is 16.5. The van der Waals surface area contributed by atoms with Crippen molar-refractivity contribution in [3.05, 3.63) is 29.8 Å². The van der Waals surface area contributed by atoms with Gasteiger partial charge in [-0.05, 0) is 24.0 Å². The minimum absolute atomic E-state index is 0.116. The monoisotopic (exact) mass is 262 g/mol. The molecule has 0 atom stereocenters. The Morgan fingerprint density at radius 3 is 2.84 bits per heavy atom. The lowest BCUT2D eigenvalue weighted by molar-refractivity contribution is -0.120. The Labute approximate surface area is 114 Å². The number of carbonyl (C=O) groups excluding carboxylic acids is 1. The summed E-state index contributed by atoms with van der Waals surface area (Å²) in [6, 6.07) is 7.56. The van der Waals surface area contributed by atoms with Crippen LogP contribution in [0.3, 0.4) is 0 Å². The Hall–Kier alpha value is -1.39. The van der Waals surface area contributed by atoms with Crippen LogP contribution < -0.4 is 11.1 Å². The van der Waals surface area contributed by atoms with E-state index in [1.165, 1.54) is 19.3 Å². The van der Waals surface area contributed by atoms with E-state index in [-0.39, 0.29) is 12.5 Å². The summed E-state index contributed by atoms with van der Waals surface area (Å²) < 4.78 is 5.40. The third-order valence-electron chi connectivity index (χ3n) is 3.64. The van der Waals surface area contributed by atoms with Gasteiger partial charge in [-0.1, -0.05) is 37.5 Å². The molecule has 1 aliphatic carbocycles. The molecule has 1 aromatic carbocycles. The molecule has 2 rings (SSSR count). The molecular formula is C15H22N2O2. The maximum absolute atomic E-state index is 11.7. The van der Waals surface area contributed by atoms with Crippen LogP contribution in [0.15, 0.2) is 24.3 Å². The first kappa shape index (κ1) is 14.0. The number of hydrogen-bond acceptors (Lipinski definition) is 3. The second-order valence-corrected chi connectivity index (χ2v) is 5.05. The van der Waals surface area contributed by atoms with Gasteiger partial charge in [0.05, 0.1) is 0 Å². The van der Waals surface area contributed by atoms with Crippen LogP contribution >= 0.6 is 0 Å². The number of rotatable bonds is 7. The van der Waals surface area contributed by atoms with E-state index in [0.717, 1.165) is 23.6 Å². The third-order valence-corrected chi connectivity index (χ3v) is 3.64. The SMILES string of the molecule is NCc1ccccc1NC(=O)COCCC1CCC1. The van der Waals surface area contributed by atoms with Crippen LogP contribution in [0.25, 0.3) is 0 Å². The van der Waals surface area contributed by atoms with E-state index in [9.17, 15) is 4.79 Å². The van der Waals surface area contributed by atoms with Crippen LogP contribution in [0.1, 0.15) is 31.2 Å². The first-order chi connectivity index (χ1) is 9.29. The van der Waals surface area contributed by atoms with Gasteiger partial charge in [-0.25, -0.2) is 0 Å². The molecular weight excluding hydrogens is 240 g/mol. The normalized spacial score (nSPS) is 15.0. The van der Waals surface area contributed by atoms with Gasteiger partial charge in [-0.15, -0.1) is 0 Å². The van der Waals surface area contributed by atoms with E-state index in [2.05, 4.69) is 5.32 Å². The number of hydrogen-bond donors (Lipinski definition) is 2. The molecule has 1 amide bonds. The molecule has 104 valence electrons. The predicted octanol–water partition coefficient (Wildman–Crippen LogP) is 2.29. The molecule has 4 nitrogen and oxygen atoms in total. The van der Waals surface area contributed by atoms with E-state index < -0.39 is 0 Å². The summed E-state index contributed by atoms with van der Waals surface area (Å²) in [4.78, 5) is 11.7. The number of benzene rings is 1. The van der Waals surface area contributed by atoms with E-state index >= 15 is 0 Å². The van der Waals surface area contributed by atoms with Crippen molar-refractivity contribution in [1.29, 1.82) is 0 Å². The van der Waals surface area contributed by atoms with Crippen LogP contribution in [0, 0.1) is 5.92 Å². The van der Waals surface area contributed by atoms with Gasteiger partial charge in [0.2, 0.25) is 5.91 Å². The van der Waals surface area contributed by atoms with Crippen molar-refractivity contribution >= 4 is 11.6 Å². The Kier molecular flexibility index (Phi) is 5.36. The Bertz CT molecular complexity index is 416. The number of nitrogens with two attached hydrogens (primary N) is 1. The molecule has 0 radical (unpaired) electrons. The fourth-order valence-corrected chi connectivity index (χ4v) is 2.20. The Morgan fingerprint density at radius 2 is 2.16 bits per heavy atom. The zero-order chi connectivity index (χ0) is 13.5. The molecule has 3 N–H and O–H groups in total. The van der Waals surface area contributed by atoms with Crippen molar-refractivity contribution in [1.82, 2.24) is 0 Å². The standard InChI is InChI=1S/C15H22N2O2/c16-10-13-6-1-2-7-14(13)17-15(18)11-19-9-8-12-4-3-5-12/h1-2,6-7,12H,3-5,8-11,16H2,(H,17,18). The number of amides is 1. The topological polar surface area (TPSA) is 64.3 Å². The summed E-state index contributed by atoms with van der Waals surface area (Å²) in [6.07, 6.45) is 5.06. The molecule has 19 heavy (non-hydrogen) atoms. The molecule has 0 bridgehead atoms. The minimum atomic E-state index is -0.116. The average molecular weight is 262 g/mol. The third kappa shape index (κ3) is 4.33. The summed E-state index contributed by atoms with van der Waals surface area (Å²) >= 11 is 0.